The molecule has 0 aliphatic carbocycles. The topological polar surface area (TPSA) is 89.8 Å². The molecule has 0 bridgehead atoms. The van der Waals surface area contributed by atoms with E-state index in [9.17, 15) is 18.5 Å². The fourth-order valence-electron chi connectivity index (χ4n) is 1.64. The summed E-state index contributed by atoms with van der Waals surface area (Å²) in [6, 6.07) is 5.40. The van der Waals surface area contributed by atoms with Crippen LogP contribution >= 0.6 is 0 Å². The van der Waals surface area contributed by atoms with Crippen molar-refractivity contribution in [2.45, 2.75) is 0 Å². The van der Waals surface area contributed by atoms with Gasteiger partial charge in [-0.05, 0) is 18.1 Å². The van der Waals surface area contributed by atoms with Crippen molar-refractivity contribution in [3.63, 3.8) is 0 Å². The van der Waals surface area contributed by atoms with Crippen molar-refractivity contribution in [3.8, 4) is 11.2 Å². The van der Waals surface area contributed by atoms with Crippen molar-refractivity contribution in [3.05, 3.63) is 39.9 Å². The van der Waals surface area contributed by atoms with Crippen molar-refractivity contribution in [1.29, 1.82) is 0 Å². The Balaban J connectivity index is 2.14. The summed E-state index contributed by atoms with van der Waals surface area (Å²) in [7, 11) is -3.65. The molecule has 1 saturated heterocycles. The standard InChI is InChI=1S/C12H12N2O5S/c15-14(16)12-3-1-11(2-4-12)5-10-20(17,18)13-6-8-19-9-7-13/h1-4H,6-9H2. The first kappa shape index (κ1) is 14.5. The summed E-state index contributed by atoms with van der Waals surface area (Å²) in [5.74, 6) is 2.51. The molecule has 1 aliphatic heterocycles. The average Bonchev–Trinajstić information content (AvgIpc) is 2.46. The van der Waals surface area contributed by atoms with Crippen molar-refractivity contribution in [2.24, 2.45) is 0 Å². The van der Waals surface area contributed by atoms with E-state index in [1.54, 1.807) is 0 Å². The first-order chi connectivity index (χ1) is 9.49. The summed E-state index contributed by atoms with van der Waals surface area (Å²) in [6.07, 6.45) is 0. The molecular weight excluding hydrogens is 284 g/mol. The van der Waals surface area contributed by atoms with Gasteiger partial charge in [-0.2, -0.15) is 12.7 Å². The summed E-state index contributed by atoms with van der Waals surface area (Å²) >= 11 is 0. The molecular formula is C12H12N2O5S. The zero-order valence-corrected chi connectivity index (χ0v) is 11.3. The highest BCUT2D eigenvalue weighted by molar-refractivity contribution is 7.93. The lowest BCUT2D eigenvalue weighted by Gasteiger charge is -2.23. The fourth-order valence-corrected chi connectivity index (χ4v) is 2.65. The van der Waals surface area contributed by atoms with E-state index in [0.717, 1.165) is 0 Å². The summed E-state index contributed by atoms with van der Waals surface area (Å²) in [6.45, 7) is 1.30. The molecule has 2 rings (SSSR count). The zero-order valence-electron chi connectivity index (χ0n) is 10.5. The Kier molecular flexibility index (Phi) is 4.34. The Morgan fingerprint density at radius 2 is 1.80 bits per heavy atom. The van der Waals surface area contributed by atoms with Gasteiger partial charge in [0.25, 0.3) is 15.7 Å². The number of hydrogen-bond acceptors (Lipinski definition) is 5. The van der Waals surface area contributed by atoms with E-state index in [1.165, 1.54) is 28.6 Å². The molecule has 0 amide bonds. The number of nitrogens with zero attached hydrogens (tertiary/aromatic N) is 2. The highest BCUT2D eigenvalue weighted by Gasteiger charge is 2.21. The maximum atomic E-state index is 11.9. The second-order valence-electron chi connectivity index (χ2n) is 4.05. The minimum absolute atomic E-state index is 0.0633. The van der Waals surface area contributed by atoms with E-state index < -0.39 is 14.9 Å². The number of sulfonamides is 1. The predicted octanol–water partition coefficient (Wildman–Crippen LogP) is 0.566. The van der Waals surface area contributed by atoms with Gasteiger partial charge in [-0.1, -0.05) is 0 Å². The Hall–Kier alpha value is -1.95. The third kappa shape index (κ3) is 3.54. The van der Waals surface area contributed by atoms with E-state index in [0.29, 0.717) is 18.8 Å². The normalized spacial score (nSPS) is 16.2. The average molecular weight is 296 g/mol. The molecule has 0 unspecified atom stereocenters. The van der Waals surface area contributed by atoms with Crippen molar-refractivity contribution in [2.75, 3.05) is 26.3 Å². The number of ether oxygens (including phenoxy) is 1. The summed E-state index contributed by atoms with van der Waals surface area (Å²) in [5.41, 5.74) is 0.346. The van der Waals surface area contributed by atoms with Gasteiger partial charge in [-0.15, -0.1) is 0 Å². The lowest BCUT2D eigenvalue weighted by molar-refractivity contribution is -0.384. The molecule has 20 heavy (non-hydrogen) atoms. The first-order valence-electron chi connectivity index (χ1n) is 5.84. The van der Waals surface area contributed by atoms with Gasteiger partial charge in [0.1, 0.15) is 0 Å². The number of morpholine rings is 1. The Morgan fingerprint density at radius 3 is 2.35 bits per heavy atom. The van der Waals surface area contributed by atoms with Crippen molar-refractivity contribution < 1.29 is 18.1 Å². The van der Waals surface area contributed by atoms with E-state index >= 15 is 0 Å². The van der Waals surface area contributed by atoms with Crippen LogP contribution in [0.3, 0.4) is 0 Å². The molecule has 0 N–H and O–H groups in total. The smallest absolute Gasteiger partial charge is 0.283 e. The largest absolute Gasteiger partial charge is 0.379 e. The van der Waals surface area contributed by atoms with Crippen LogP contribution in [0.5, 0.6) is 0 Å². The highest BCUT2D eigenvalue weighted by Crippen LogP contribution is 2.11. The molecule has 1 aromatic carbocycles. The molecule has 1 heterocycles. The number of nitro benzene ring substituents is 1. The maximum absolute atomic E-state index is 11.9. The maximum Gasteiger partial charge on any atom is 0.283 e. The van der Waals surface area contributed by atoms with Gasteiger partial charge in [-0.3, -0.25) is 10.1 Å². The van der Waals surface area contributed by atoms with Crippen LogP contribution in [0.1, 0.15) is 5.56 Å². The SMILES string of the molecule is O=[N+]([O-])c1ccc(C#CS(=O)(=O)N2CCOCC2)cc1. The van der Waals surface area contributed by atoms with Crippen LogP contribution in [0.15, 0.2) is 24.3 Å². The van der Waals surface area contributed by atoms with E-state index in [2.05, 4.69) is 11.2 Å². The third-order valence-electron chi connectivity index (χ3n) is 2.71. The lowest BCUT2D eigenvalue weighted by atomic mass is 10.2. The molecule has 0 radical (unpaired) electrons. The Labute approximate surface area is 116 Å². The van der Waals surface area contributed by atoms with Crippen LogP contribution in [0.2, 0.25) is 0 Å². The summed E-state index contributed by atoms with van der Waals surface area (Å²) in [5, 5.41) is 12.7. The van der Waals surface area contributed by atoms with E-state index in [-0.39, 0.29) is 18.8 Å². The van der Waals surface area contributed by atoms with Gasteiger partial charge >= 0.3 is 0 Å². The number of non-ortho nitro benzene ring substituents is 1. The quantitative estimate of drug-likeness (QED) is 0.452. The zero-order chi connectivity index (χ0) is 14.6. The molecule has 106 valence electrons. The van der Waals surface area contributed by atoms with Crippen LogP contribution in [0, 0.1) is 21.3 Å². The van der Waals surface area contributed by atoms with E-state index in [4.69, 9.17) is 4.74 Å². The van der Waals surface area contributed by atoms with Crippen LogP contribution in [0.25, 0.3) is 0 Å². The summed E-state index contributed by atoms with van der Waals surface area (Å²) in [4.78, 5) is 9.96. The molecule has 0 aromatic heterocycles. The van der Waals surface area contributed by atoms with Crippen LogP contribution < -0.4 is 0 Å². The summed E-state index contributed by atoms with van der Waals surface area (Å²) < 4.78 is 30.2. The monoisotopic (exact) mass is 296 g/mol. The molecule has 0 saturated carbocycles. The molecule has 8 heteroatoms. The van der Waals surface area contributed by atoms with Gasteiger partial charge in [0.05, 0.1) is 18.1 Å². The first-order valence-corrected chi connectivity index (χ1v) is 7.28. The molecule has 7 nitrogen and oxygen atoms in total. The number of nitro groups is 1. The molecule has 1 aliphatic rings. The molecule has 1 fully saturated rings. The Bertz CT molecular complexity index is 651. The number of rotatable bonds is 2. The van der Waals surface area contributed by atoms with Crippen LogP contribution in [-0.4, -0.2) is 43.9 Å². The minimum Gasteiger partial charge on any atom is -0.379 e. The van der Waals surface area contributed by atoms with Gasteiger partial charge < -0.3 is 4.74 Å². The van der Waals surface area contributed by atoms with Gasteiger partial charge in [0, 0.05) is 36.0 Å². The van der Waals surface area contributed by atoms with E-state index in [1.807, 2.05) is 0 Å². The van der Waals surface area contributed by atoms with Crippen molar-refractivity contribution >= 4 is 15.7 Å². The van der Waals surface area contributed by atoms with Gasteiger partial charge in [-0.25, -0.2) is 0 Å². The van der Waals surface area contributed by atoms with Gasteiger partial charge in [0.2, 0.25) is 0 Å². The Morgan fingerprint density at radius 1 is 1.20 bits per heavy atom. The number of hydrogen-bond donors (Lipinski definition) is 0. The third-order valence-corrected chi connectivity index (χ3v) is 4.12. The molecule has 1 aromatic rings. The number of benzene rings is 1. The molecule has 0 spiro atoms. The van der Waals surface area contributed by atoms with Gasteiger partial charge in [0.15, 0.2) is 0 Å². The predicted molar refractivity (Wildman–Crippen MR) is 71.3 cm³/mol. The second-order valence-corrected chi connectivity index (χ2v) is 5.72. The lowest BCUT2D eigenvalue weighted by Crippen LogP contribution is -2.39. The highest BCUT2D eigenvalue weighted by atomic mass is 32.2. The fraction of sp³-hybridized carbons (Fsp3) is 0.333. The minimum atomic E-state index is -3.65. The van der Waals surface area contributed by atoms with Crippen molar-refractivity contribution in [1.82, 2.24) is 4.31 Å². The second kappa shape index (κ2) is 6.00. The van der Waals surface area contributed by atoms with Crippen LogP contribution in [0.4, 0.5) is 5.69 Å². The van der Waals surface area contributed by atoms with Crippen LogP contribution in [-0.2, 0) is 14.8 Å². The molecule has 0 atom stereocenters.